The lowest BCUT2D eigenvalue weighted by Gasteiger charge is -2.33. The second-order valence-corrected chi connectivity index (χ2v) is 10.8. The predicted molar refractivity (Wildman–Crippen MR) is 152 cm³/mol. The van der Waals surface area contributed by atoms with Crippen molar-refractivity contribution in [1.82, 2.24) is 14.7 Å². The predicted octanol–water partition coefficient (Wildman–Crippen LogP) is 2.96. The minimum absolute atomic E-state index is 0.0269. The Labute approximate surface area is 237 Å². The van der Waals surface area contributed by atoms with Crippen molar-refractivity contribution in [2.24, 2.45) is 0 Å². The Balaban J connectivity index is 1.34. The maximum absolute atomic E-state index is 12.7. The smallest absolute Gasteiger partial charge is 0.248 e. The first kappa shape index (κ1) is 29.8. The maximum atomic E-state index is 12.7. The van der Waals surface area contributed by atoms with Crippen LogP contribution in [0.5, 0.6) is 11.5 Å². The molecule has 9 heteroatoms. The number of ether oxygens (including phenoxy) is 3. The molecule has 0 unspecified atom stereocenters. The summed E-state index contributed by atoms with van der Waals surface area (Å²) in [5, 5.41) is 11.6. The highest BCUT2D eigenvalue weighted by atomic mass is 16.5. The quantitative estimate of drug-likeness (QED) is 0.404. The average molecular weight is 554 g/mol. The first-order valence-corrected chi connectivity index (χ1v) is 14.3. The van der Waals surface area contributed by atoms with Gasteiger partial charge in [-0.15, -0.1) is 0 Å². The molecule has 2 aliphatic heterocycles. The topological polar surface area (TPSA) is 91.8 Å². The lowest BCUT2D eigenvalue weighted by atomic mass is 10.0. The molecule has 0 spiro atoms. The summed E-state index contributed by atoms with van der Waals surface area (Å²) in [6.07, 6.45) is 4.65. The Hall–Kier alpha value is -3.14. The molecule has 0 bridgehead atoms. The number of benzene rings is 2. The molecule has 2 aromatic rings. The number of methoxy groups -OCH3 is 1. The number of hydrogen-bond donors (Lipinski definition) is 1. The molecule has 0 radical (unpaired) electrons. The van der Waals surface area contributed by atoms with Gasteiger partial charge < -0.3 is 29.1 Å². The third kappa shape index (κ3) is 9.21. The molecule has 2 amide bonds. The zero-order valence-electron chi connectivity index (χ0n) is 23.6. The van der Waals surface area contributed by atoms with Crippen LogP contribution in [0.3, 0.4) is 0 Å². The van der Waals surface area contributed by atoms with Crippen LogP contribution in [0.15, 0.2) is 54.6 Å². The van der Waals surface area contributed by atoms with Gasteiger partial charge in [0.25, 0.3) is 0 Å². The van der Waals surface area contributed by atoms with E-state index in [0.717, 1.165) is 50.1 Å². The van der Waals surface area contributed by atoms with Crippen LogP contribution in [0.2, 0.25) is 0 Å². The number of nitrogens with zero attached hydrogens (tertiary/aromatic N) is 3. The molecule has 1 N–H and O–H groups in total. The second kappa shape index (κ2) is 15.0. The van der Waals surface area contributed by atoms with Crippen LogP contribution in [0.1, 0.15) is 37.7 Å². The van der Waals surface area contributed by atoms with Crippen molar-refractivity contribution in [3.63, 3.8) is 0 Å². The molecule has 2 saturated heterocycles. The van der Waals surface area contributed by atoms with Crippen molar-refractivity contribution in [2.45, 2.75) is 44.2 Å². The highest BCUT2D eigenvalue weighted by Crippen LogP contribution is 2.22. The Bertz CT molecular complexity index is 1080. The van der Waals surface area contributed by atoms with Crippen molar-refractivity contribution in [2.75, 3.05) is 66.2 Å². The molecule has 4 rings (SSSR count). The third-order valence-electron chi connectivity index (χ3n) is 7.38. The van der Waals surface area contributed by atoms with E-state index in [1.807, 2.05) is 59.5 Å². The van der Waals surface area contributed by atoms with Crippen LogP contribution < -0.4 is 9.47 Å². The van der Waals surface area contributed by atoms with Gasteiger partial charge in [-0.3, -0.25) is 14.5 Å². The summed E-state index contributed by atoms with van der Waals surface area (Å²) in [7, 11) is 1.50. The van der Waals surface area contributed by atoms with Crippen LogP contribution >= 0.6 is 0 Å². The van der Waals surface area contributed by atoms with Gasteiger partial charge >= 0.3 is 0 Å². The van der Waals surface area contributed by atoms with Crippen LogP contribution in [-0.4, -0.2) is 103 Å². The number of β-amino-alcohol motifs (C(OH)–C–C–N with tert-alkyl or cyclic N) is 1. The Kier molecular flexibility index (Phi) is 11.2. The monoisotopic (exact) mass is 553 g/mol. The first-order chi connectivity index (χ1) is 19.4. The molecule has 0 saturated carbocycles. The molecule has 2 aliphatic rings. The van der Waals surface area contributed by atoms with Crippen molar-refractivity contribution in [1.29, 1.82) is 0 Å². The maximum Gasteiger partial charge on any atom is 0.248 e. The van der Waals surface area contributed by atoms with E-state index in [4.69, 9.17) is 14.2 Å². The van der Waals surface area contributed by atoms with E-state index in [1.165, 1.54) is 7.11 Å². The zero-order chi connectivity index (χ0) is 28.2. The number of amides is 2. The van der Waals surface area contributed by atoms with Gasteiger partial charge in [0.1, 0.15) is 30.3 Å². The van der Waals surface area contributed by atoms with Crippen LogP contribution in [0.4, 0.5) is 0 Å². The average Bonchev–Trinajstić information content (AvgIpc) is 3.26. The van der Waals surface area contributed by atoms with Gasteiger partial charge in [-0.05, 0) is 49.1 Å². The van der Waals surface area contributed by atoms with E-state index < -0.39 is 5.60 Å². The minimum atomic E-state index is -1.26. The van der Waals surface area contributed by atoms with Gasteiger partial charge in [0, 0.05) is 52.8 Å². The van der Waals surface area contributed by atoms with E-state index in [0.29, 0.717) is 45.0 Å². The Morgan fingerprint density at radius 3 is 2.60 bits per heavy atom. The molecule has 2 fully saturated rings. The first-order valence-electron chi connectivity index (χ1n) is 14.3. The summed E-state index contributed by atoms with van der Waals surface area (Å²) in [6, 6.07) is 17.4. The fraction of sp³-hybridized carbons (Fsp3) is 0.548. The van der Waals surface area contributed by atoms with Crippen LogP contribution in [-0.2, 0) is 20.9 Å². The van der Waals surface area contributed by atoms with Crippen LogP contribution in [0, 0.1) is 0 Å². The van der Waals surface area contributed by atoms with E-state index in [9.17, 15) is 14.7 Å². The lowest BCUT2D eigenvalue weighted by Crippen LogP contribution is -2.52. The standard InChI is InChI=1S/C31H43N3O6/c1-38-22-30(36)34-18-17-32(23-31(37,24-34)25-40-27-11-4-2-5-12-27)21-26-10-8-13-28(20-26)39-19-9-16-33-15-7-3-6-14-29(33)35/h2,4-5,8,10-13,20,37H,3,6-7,9,14-19,21-25H2,1H3/t31-/m1/s1. The van der Waals surface area contributed by atoms with Crippen molar-refractivity contribution in [3.05, 3.63) is 60.2 Å². The summed E-state index contributed by atoms with van der Waals surface area (Å²) in [4.78, 5) is 30.7. The fourth-order valence-corrected chi connectivity index (χ4v) is 5.34. The number of carbonyl (C=O) groups excluding carboxylic acids is 2. The molecule has 2 heterocycles. The largest absolute Gasteiger partial charge is 0.494 e. The van der Waals surface area contributed by atoms with Crippen molar-refractivity contribution >= 4 is 11.8 Å². The molecule has 9 nitrogen and oxygen atoms in total. The molecule has 0 aromatic heterocycles. The van der Waals surface area contributed by atoms with Gasteiger partial charge in [-0.1, -0.05) is 36.8 Å². The summed E-state index contributed by atoms with van der Waals surface area (Å²) in [5.74, 6) is 1.56. The van der Waals surface area contributed by atoms with E-state index >= 15 is 0 Å². The van der Waals surface area contributed by atoms with Gasteiger partial charge in [-0.25, -0.2) is 0 Å². The number of likely N-dealkylation sites (tertiary alicyclic amines) is 1. The highest BCUT2D eigenvalue weighted by Gasteiger charge is 2.37. The SMILES string of the molecule is COCC(=O)N1CCN(Cc2cccc(OCCCN3CCCCCC3=O)c2)C[C@](O)(COc2ccccc2)C1. The van der Waals surface area contributed by atoms with Gasteiger partial charge in [0.05, 0.1) is 13.2 Å². The normalized spacial score (nSPS) is 20.6. The molecule has 40 heavy (non-hydrogen) atoms. The summed E-state index contributed by atoms with van der Waals surface area (Å²) in [6.45, 7) is 4.37. The van der Waals surface area contributed by atoms with E-state index in [1.54, 1.807) is 4.90 Å². The van der Waals surface area contributed by atoms with Crippen LogP contribution in [0.25, 0.3) is 0 Å². The second-order valence-electron chi connectivity index (χ2n) is 10.8. The summed E-state index contributed by atoms with van der Waals surface area (Å²) < 4.78 is 17.0. The highest BCUT2D eigenvalue weighted by molar-refractivity contribution is 5.77. The number of para-hydroxylation sites is 1. The van der Waals surface area contributed by atoms with E-state index in [2.05, 4.69) is 4.90 Å². The van der Waals surface area contributed by atoms with Crippen molar-refractivity contribution in [3.8, 4) is 11.5 Å². The number of rotatable bonds is 12. The molecule has 218 valence electrons. The minimum Gasteiger partial charge on any atom is -0.494 e. The molecule has 0 aliphatic carbocycles. The molecule has 2 aromatic carbocycles. The van der Waals surface area contributed by atoms with Gasteiger partial charge in [-0.2, -0.15) is 0 Å². The van der Waals surface area contributed by atoms with Crippen molar-refractivity contribution < 1.29 is 28.9 Å². The lowest BCUT2D eigenvalue weighted by molar-refractivity contribution is -0.138. The zero-order valence-corrected chi connectivity index (χ0v) is 23.6. The summed E-state index contributed by atoms with van der Waals surface area (Å²) >= 11 is 0. The Morgan fingerprint density at radius 1 is 0.950 bits per heavy atom. The number of carbonyl (C=O) groups is 2. The number of hydrogen-bond acceptors (Lipinski definition) is 7. The van der Waals surface area contributed by atoms with Gasteiger partial charge in [0.2, 0.25) is 11.8 Å². The molecule has 1 atom stereocenters. The third-order valence-corrected chi connectivity index (χ3v) is 7.38. The number of aliphatic hydroxyl groups is 1. The molecular weight excluding hydrogens is 510 g/mol. The Morgan fingerprint density at radius 2 is 1.77 bits per heavy atom. The fourth-order valence-electron chi connectivity index (χ4n) is 5.34. The van der Waals surface area contributed by atoms with Gasteiger partial charge in [0.15, 0.2) is 0 Å². The van der Waals surface area contributed by atoms with E-state index in [-0.39, 0.29) is 31.6 Å². The molecular formula is C31H43N3O6. The summed E-state index contributed by atoms with van der Waals surface area (Å²) in [5.41, 5.74) is -0.197.